The van der Waals surface area contributed by atoms with Gasteiger partial charge in [0.25, 0.3) is 0 Å². The average molecular weight is 364 g/mol. The van der Waals surface area contributed by atoms with E-state index in [0.717, 1.165) is 16.7 Å². The van der Waals surface area contributed by atoms with Crippen molar-refractivity contribution in [1.29, 1.82) is 0 Å². The van der Waals surface area contributed by atoms with Gasteiger partial charge in [0.05, 0.1) is 30.0 Å². The molecule has 2 saturated heterocycles. The van der Waals surface area contributed by atoms with Crippen molar-refractivity contribution in [1.82, 2.24) is 9.80 Å². The highest BCUT2D eigenvalue weighted by molar-refractivity contribution is 7.91. The maximum atomic E-state index is 12.9. The Bertz CT molecular complexity index is 818. The molecule has 0 N–H and O–H groups in total. The van der Waals surface area contributed by atoms with Gasteiger partial charge in [0.1, 0.15) is 0 Å². The lowest BCUT2D eigenvalue weighted by molar-refractivity contribution is -0.143. The van der Waals surface area contributed by atoms with Gasteiger partial charge in [0.15, 0.2) is 9.84 Å². The molecule has 2 aliphatic rings. The number of piperazine rings is 1. The van der Waals surface area contributed by atoms with Gasteiger partial charge in [-0.05, 0) is 25.0 Å². The molecule has 0 saturated carbocycles. The second kappa shape index (κ2) is 6.44. The molecule has 0 aliphatic carbocycles. The van der Waals surface area contributed by atoms with Gasteiger partial charge in [-0.2, -0.15) is 0 Å². The molecule has 136 valence electrons. The highest BCUT2D eigenvalue weighted by atomic mass is 32.2. The van der Waals surface area contributed by atoms with Crippen LogP contribution in [0.5, 0.6) is 0 Å². The Morgan fingerprint density at radius 3 is 2.32 bits per heavy atom. The molecule has 0 aromatic heterocycles. The van der Waals surface area contributed by atoms with Crippen LogP contribution in [0.15, 0.2) is 18.2 Å². The molecular weight excluding hydrogens is 340 g/mol. The molecule has 2 atom stereocenters. The Morgan fingerprint density at radius 2 is 1.68 bits per heavy atom. The van der Waals surface area contributed by atoms with Crippen LogP contribution in [-0.4, -0.2) is 66.7 Å². The van der Waals surface area contributed by atoms with Crippen LogP contribution in [0.2, 0.25) is 0 Å². The molecule has 3 rings (SSSR count). The largest absolute Gasteiger partial charge is 0.335 e. The quantitative estimate of drug-likeness (QED) is 0.774. The van der Waals surface area contributed by atoms with E-state index in [1.165, 1.54) is 6.92 Å². The topological polar surface area (TPSA) is 74.8 Å². The minimum atomic E-state index is -3.24. The van der Waals surface area contributed by atoms with Gasteiger partial charge in [-0.1, -0.05) is 23.8 Å². The number of nitrogens with zero attached hydrogens (tertiary/aromatic N) is 2. The molecule has 2 aliphatic heterocycles. The molecular formula is C18H24N2O4S. The summed E-state index contributed by atoms with van der Waals surface area (Å²) >= 11 is 0. The Balaban J connectivity index is 1.83. The molecule has 2 heterocycles. The van der Waals surface area contributed by atoms with Crippen molar-refractivity contribution in [3.05, 3.63) is 34.9 Å². The van der Waals surface area contributed by atoms with Gasteiger partial charge in [-0.25, -0.2) is 8.42 Å². The van der Waals surface area contributed by atoms with Crippen molar-refractivity contribution in [2.24, 2.45) is 0 Å². The van der Waals surface area contributed by atoms with E-state index in [0.29, 0.717) is 13.1 Å². The number of carbonyl (C=O) groups is 2. The van der Waals surface area contributed by atoms with Crippen molar-refractivity contribution in [3.63, 3.8) is 0 Å². The zero-order chi connectivity index (χ0) is 18.4. The molecule has 6 nitrogen and oxygen atoms in total. The summed E-state index contributed by atoms with van der Waals surface area (Å²) in [6.07, 6.45) is 0.261. The normalized spacial score (nSPS) is 24.9. The molecule has 0 spiro atoms. The number of aryl methyl sites for hydroxylation is 2. The summed E-state index contributed by atoms with van der Waals surface area (Å²) in [7, 11) is -3.24. The van der Waals surface area contributed by atoms with E-state index < -0.39 is 21.9 Å². The van der Waals surface area contributed by atoms with E-state index in [2.05, 4.69) is 0 Å². The van der Waals surface area contributed by atoms with Crippen LogP contribution < -0.4 is 0 Å². The zero-order valence-corrected chi connectivity index (χ0v) is 15.7. The number of hydrogen-bond acceptors (Lipinski definition) is 4. The van der Waals surface area contributed by atoms with E-state index >= 15 is 0 Å². The summed E-state index contributed by atoms with van der Waals surface area (Å²) in [6, 6.07) is 5.16. The summed E-state index contributed by atoms with van der Waals surface area (Å²) in [5.74, 6) is -0.303. The molecule has 7 heteroatoms. The van der Waals surface area contributed by atoms with E-state index in [-0.39, 0.29) is 29.7 Å². The van der Waals surface area contributed by atoms with Gasteiger partial charge in [-0.15, -0.1) is 0 Å². The second-order valence-electron chi connectivity index (χ2n) is 7.12. The Kier molecular flexibility index (Phi) is 4.62. The van der Waals surface area contributed by atoms with Gasteiger partial charge in [-0.3, -0.25) is 9.59 Å². The van der Waals surface area contributed by atoms with Gasteiger partial charge >= 0.3 is 0 Å². The van der Waals surface area contributed by atoms with E-state index in [9.17, 15) is 18.0 Å². The van der Waals surface area contributed by atoms with Crippen LogP contribution >= 0.6 is 0 Å². The van der Waals surface area contributed by atoms with Crippen LogP contribution in [0.1, 0.15) is 23.6 Å². The highest BCUT2D eigenvalue weighted by Gasteiger charge is 2.48. The Morgan fingerprint density at radius 1 is 1.08 bits per heavy atom. The molecule has 2 amide bonds. The van der Waals surface area contributed by atoms with Crippen LogP contribution in [0.25, 0.3) is 0 Å². The lowest BCUT2D eigenvalue weighted by Gasteiger charge is -2.43. The van der Waals surface area contributed by atoms with Gasteiger partial charge < -0.3 is 9.80 Å². The molecule has 0 radical (unpaired) electrons. The van der Waals surface area contributed by atoms with Crippen molar-refractivity contribution in [2.45, 2.75) is 39.3 Å². The number of carbonyl (C=O) groups excluding carboxylic acids is 2. The number of sulfone groups is 1. The van der Waals surface area contributed by atoms with Crippen molar-refractivity contribution >= 4 is 21.7 Å². The lowest BCUT2D eigenvalue weighted by Crippen LogP contribution is -2.61. The first-order valence-corrected chi connectivity index (χ1v) is 10.3. The molecule has 0 bridgehead atoms. The number of benzene rings is 1. The third-order valence-electron chi connectivity index (χ3n) is 5.25. The maximum absolute atomic E-state index is 12.9. The summed E-state index contributed by atoms with van der Waals surface area (Å²) in [5.41, 5.74) is 3.12. The SMILES string of the molecule is CC(=O)N1CCN(C(=O)Cc2cc(C)ccc2C)[C@H]2CS(=O)(=O)C[C@H]21. The fraction of sp³-hybridized carbons (Fsp3) is 0.556. The standard InChI is InChI=1S/C18H24N2O4S/c1-12-4-5-13(2)15(8-12)9-18(22)20-7-6-19(14(3)21)16-10-25(23,24)11-17(16)20/h4-5,8,16-17H,6-7,9-11H2,1-3H3/t16-,17+/m1/s1. The first-order chi connectivity index (χ1) is 11.7. The van der Waals surface area contributed by atoms with E-state index in [1.54, 1.807) is 9.80 Å². The monoisotopic (exact) mass is 364 g/mol. The Hall–Kier alpha value is -1.89. The average Bonchev–Trinajstić information content (AvgIpc) is 2.84. The van der Waals surface area contributed by atoms with Crippen molar-refractivity contribution in [3.8, 4) is 0 Å². The molecule has 1 aromatic rings. The third-order valence-corrected chi connectivity index (χ3v) is 6.95. The van der Waals surface area contributed by atoms with Crippen molar-refractivity contribution < 1.29 is 18.0 Å². The maximum Gasteiger partial charge on any atom is 0.227 e. The fourth-order valence-corrected chi connectivity index (χ4v) is 5.89. The van der Waals surface area contributed by atoms with Crippen LogP contribution in [-0.2, 0) is 25.8 Å². The van der Waals surface area contributed by atoms with E-state index in [4.69, 9.17) is 0 Å². The number of rotatable bonds is 2. The fourth-order valence-electron chi connectivity index (χ4n) is 3.91. The van der Waals surface area contributed by atoms with E-state index in [1.807, 2.05) is 32.0 Å². The lowest BCUT2D eigenvalue weighted by atomic mass is 10.00. The molecule has 0 unspecified atom stereocenters. The van der Waals surface area contributed by atoms with Gasteiger partial charge in [0, 0.05) is 20.0 Å². The summed E-state index contributed by atoms with van der Waals surface area (Å²) in [5, 5.41) is 0. The predicted molar refractivity (Wildman–Crippen MR) is 94.9 cm³/mol. The summed E-state index contributed by atoms with van der Waals surface area (Å²) in [4.78, 5) is 28.0. The minimum absolute atomic E-state index is 0.0511. The minimum Gasteiger partial charge on any atom is -0.335 e. The first-order valence-electron chi connectivity index (χ1n) is 8.51. The van der Waals surface area contributed by atoms with Crippen LogP contribution in [0.3, 0.4) is 0 Å². The molecule has 2 fully saturated rings. The third kappa shape index (κ3) is 3.56. The number of hydrogen-bond donors (Lipinski definition) is 0. The van der Waals surface area contributed by atoms with Crippen molar-refractivity contribution in [2.75, 3.05) is 24.6 Å². The van der Waals surface area contributed by atoms with Crippen LogP contribution in [0, 0.1) is 13.8 Å². The number of fused-ring (bicyclic) bond motifs is 1. The smallest absolute Gasteiger partial charge is 0.227 e. The van der Waals surface area contributed by atoms with Gasteiger partial charge in [0.2, 0.25) is 11.8 Å². The first kappa shape index (κ1) is 17.9. The summed E-state index contributed by atoms with van der Waals surface area (Å²) < 4.78 is 24.2. The summed E-state index contributed by atoms with van der Waals surface area (Å²) in [6.45, 7) is 6.19. The molecule has 1 aromatic carbocycles. The predicted octanol–water partition coefficient (Wildman–Crippen LogP) is 0.702. The highest BCUT2D eigenvalue weighted by Crippen LogP contribution is 2.28. The number of amides is 2. The molecule has 25 heavy (non-hydrogen) atoms. The zero-order valence-electron chi connectivity index (χ0n) is 14.9. The Labute approximate surface area is 148 Å². The second-order valence-corrected chi connectivity index (χ2v) is 9.27. The van der Waals surface area contributed by atoms with Crippen LogP contribution in [0.4, 0.5) is 0 Å².